The summed E-state index contributed by atoms with van der Waals surface area (Å²) in [6.45, 7) is 6.01. The molecule has 1 N–H and O–H groups in total. The fourth-order valence-electron chi connectivity index (χ4n) is 4.22. The number of hydrogen-bond acceptors (Lipinski definition) is 5. The van der Waals surface area contributed by atoms with Crippen molar-refractivity contribution in [3.63, 3.8) is 0 Å². The average molecular weight is 514 g/mol. The standard InChI is InChI=1S/C26H28ClN3O4S/c1-17-9-10-18(2)20(14-17)11-12-24-25(19(3)29-34-24)35(32,33)30-13-5-6-21(16-30)26(31)28-23-8-4-7-22(27)15-23/h4,7-12,14-15,21H,5-6,13,16H2,1-3H3,(H,28,31)/b12-11+/t21-/m1/s1. The Labute approximate surface area is 210 Å². The number of nitrogens with zero attached hydrogens (tertiary/aromatic N) is 2. The molecule has 1 aliphatic heterocycles. The van der Waals surface area contributed by atoms with Crippen molar-refractivity contribution in [2.75, 3.05) is 18.4 Å². The Morgan fingerprint density at radius 2 is 1.97 bits per heavy atom. The monoisotopic (exact) mass is 513 g/mol. The summed E-state index contributed by atoms with van der Waals surface area (Å²) in [5, 5.41) is 7.28. The number of piperidine rings is 1. The molecule has 35 heavy (non-hydrogen) atoms. The van der Waals surface area contributed by atoms with Crippen LogP contribution in [0.15, 0.2) is 51.9 Å². The first-order chi connectivity index (χ1) is 16.6. The van der Waals surface area contributed by atoms with Crippen LogP contribution in [-0.2, 0) is 14.8 Å². The van der Waals surface area contributed by atoms with Crippen molar-refractivity contribution in [1.29, 1.82) is 0 Å². The minimum atomic E-state index is -3.92. The highest BCUT2D eigenvalue weighted by molar-refractivity contribution is 7.89. The number of aryl methyl sites for hydroxylation is 3. The van der Waals surface area contributed by atoms with Gasteiger partial charge in [0.1, 0.15) is 5.69 Å². The van der Waals surface area contributed by atoms with Gasteiger partial charge in [0.15, 0.2) is 10.7 Å². The van der Waals surface area contributed by atoms with Gasteiger partial charge < -0.3 is 9.84 Å². The van der Waals surface area contributed by atoms with Crippen molar-refractivity contribution in [1.82, 2.24) is 9.46 Å². The molecule has 184 valence electrons. The van der Waals surface area contributed by atoms with Crippen LogP contribution >= 0.6 is 11.6 Å². The van der Waals surface area contributed by atoms with Crippen molar-refractivity contribution in [3.05, 3.63) is 75.6 Å². The Kier molecular flexibility index (Phi) is 7.44. The summed E-state index contributed by atoms with van der Waals surface area (Å²) < 4.78 is 34.0. The van der Waals surface area contributed by atoms with Crippen LogP contribution in [0.25, 0.3) is 12.2 Å². The van der Waals surface area contributed by atoms with Crippen molar-refractivity contribution in [2.45, 2.75) is 38.5 Å². The van der Waals surface area contributed by atoms with Crippen molar-refractivity contribution >= 4 is 45.4 Å². The Morgan fingerprint density at radius 3 is 2.74 bits per heavy atom. The number of anilines is 1. The minimum absolute atomic E-state index is 0.0370. The van der Waals surface area contributed by atoms with Crippen LogP contribution in [0.1, 0.15) is 41.0 Å². The molecule has 1 aromatic heterocycles. The molecule has 0 unspecified atom stereocenters. The maximum atomic E-state index is 13.6. The second kappa shape index (κ2) is 10.4. The molecule has 0 bridgehead atoms. The number of halogens is 1. The lowest BCUT2D eigenvalue weighted by atomic mass is 9.99. The lowest BCUT2D eigenvalue weighted by molar-refractivity contribution is -0.120. The number of carbonyl (C=O) groups is 1. The number of amides is 1. The summed E-state index contributed by atoms with van der Waals surface area (Å²) in [7, 11) is -3.92. The number of hydrogen-bond donors (Lipinski definition) is 1. The first-order valence-corrected chi connectivity index (χ1v) is 13.2. The number of benzene rings is 2. The van der Waals surface area contributed by atoms with Gasteiger partial charge in [-0.3, -0.25) is 4.79 Å². The van der Waals surface area contributed by atoms with E-state index in [4.69, 9.17) is 16.1 Å². The van der Waals surface area contributed by atoms with Gasteiger partial charge in [-0.15, -0.1) is 0 Å². The smallest absolute Gasteiger partial charge is 0.248 e. The molecule has 1 aliphatic rings. The second-order valence-corrected chi connectivity index (χ2v) is 11.2. The predicted octanol–water partition coefficient (Wildman–Crippen LogP) is 5.46. The molecule has 1 saturated heterocycles. The molecule has 9 heteroatoms. The molecule has 1 fully saturated rings. The SMILES string of the molecule is Cc1ccc(C)c(/C=C/c2onc(C)c2S(=O)(=O)N2CCC[C@@H](C(=O)Nc3cccc(Cl)c3)C2)c1. The summed E-state index contributed by atoms with van der Waals surface area (Å²) >= 11 is 6.01. The molecule has 0 spiro atoms. The van der Waals surface area contributed by atoms with E-state index in [9.17, 15) is 13.2 Å². The molecule has 7 nitrogen and oxygen atoms in total. The number of nitrogens with one attached hydrogen (secondary N) is 1. The summed E-state index contributed by atoms with van der Waals surface area (Å²) in [5.74, 6) is -0.537. The summed E-state index contributed by atoms with van der Waals surface area (Å²) in [5.41, 5.74) is 4.01. The lowest BCUT2D eigenvalue weighted by Crippen LogP contribution is -2.43. The molecular formula is C26H28ClN3O4S. The molecule has 2 aromatic carbocycles. The van der Waals surface area contributed by atoms with E-state index in [1.54, 1.807) is 37.3 Å². The van der Waals surface area contributed by atoms with Gasteiger partial charge in [-0.2, -0.15) is 4.31 Å². The van der Waals surface area contributed by atoms with E-state index in [1.807, 2.05) is 38.1 Å². The summed E-state index contributed by atoms with van der Waals surface area (Å²) in [6.07, 6.45) is 4.64. The van der Waals surface area contributed by atoms with Crippen LogP contribution in [0.2, 0.25) is 5.02 Å². The van der Waals surface area contributed by atoms with Crippen molar-refractivity contribution in [2.24, 2.45) is 5.92 Å². The Balaban J connectivity index is 1.55. The van der Waals surface area contributed by atoms with Crippen LogP contribution in [0.5, 0.6) is 0 Å². The fourth-order valence-corrected chi connectivity index (χ4v) is 6.18. The van der Waals surface area contributed by atoms with Gasteiger partial charge in [0, 0.05) is 23.8 Å². The second-order valence-electron chi connectivity index (χ2n) is 8.86. The normalized spacial score (nSPS) is 17.1. The number of rotatable bonds is 6. The van der Waals surface area contributed by atoms with Crippen LogP contribution < -0.4 is 5.32 Å². The minimum Gasteiger partial charge on any atom is -0.355 e. The molecule has 4 rings (SSSR count). The van der Waals surface area contributed by atoms with E-state index in [1.165, 1.54) is 4.31 Å². The third-order valence-electron chi connectivity index (χ3n) is 6.13. The van der Waals surface area contributed by atoms with E-state index >= 15 is 0 Å². The van der Waals surface area contributed by atoms with E-state index in [0.29, 0.717) is 30.1 Å². The molecule has 0 saturated carbocycles. The fraction of sp³-hybridized carbons (Fsp3) is 0.308. The third kappa shape index (κ3) is 5.66. The van der Waals surface area contributed by atoms with E-state index < -0.39 is 15.9 Å². The highest BCUT2D eigenvalue weighted by Crippen LogP contribution is 2.30. The van der Waals surface area contributed by atoms with Gasteiger partial charge in [-0.1, -0.05) is 52.7 Å². The van der Waals surface area contributed by atoms with Crippen LogP contribution in [0.3, 0.4) is 0 Å². The maximum absolute atomic E-state index is 13.6. The summed E-state index contributed by atoms with van der Waals surface area (Å²) in [4.78, 5) is 12.9. The number of carbonyl (C=O) groups excluding carboxylic acids is 1. The molecule has 1 atom stereocenters. The molecule has 3 aromatic rings. The van der Waals surface area contributed by atoms with Gasteiger partial charge in [0.2, 0.25) is 15.9 Å². The Bertz CT molecular complexity index is 1380. The quantitative estimate of drug-likeness (QED) is 0.472. The van der Waals surface area contributed by atoms with Crippen molar-refractivity contribution < 1.29 is 17.7 Å². The molecule has 0 radical (unpaired) electrons. The largest absolute Gasteiger partial charge is 0.355 e. The zero-order valence-corrected chi connectivity index (χ0v) is 21.5. The zero-order chi connectivity index (χ0) is 25.2. The van der Waals surface area contributed by atoms with Crippen LogP contribution in [0.4, 0.5) is 5.69 Å². The van der Waals surface area contributed by atoms with E-state index in [2.05, 4.69) is 10.5 Å². The Hall–Kier alpha value is -2.94. The van der Waals surface area contributed by atoms with Crippen LogP contribution in [0, 0.1) is 26.7 Å². The lowest BCUT2D eigenvalue weighted by Gasteiger charge is -2.31. The predicted molar refractivity (Wildman–Crippen MR) is 138 cm³/mol. The Morgan fingerprint density at radius 1 is 1.17 bits per heavy atom. The van der Waals surface area contributed by atoms with E-state index in [-0.39, 0.29) is 28.8 Å². The molecule has 0 aliphatic carbocycles. The van der Waals surface area contributed by atoms with Gasteiger partial charge in [-0.05, 0) is 69.0 Å². The van der Waals surface area contributed by atoms with Crippen LogP contribution in [-0.4, -0.2) is 36.9 Å². The molecule has 2 heterocycles. The maximum Gasteiger partial charge on any atom is 0.248 e. The van der Waals surface area contributed by atoms with Gasteiger partial charge in [0.25, 0.3) is 0 Å². The first-order valence-electron chi connectivity index (χ1n) is 11.4. The topological polar surface area (TPSA) is 92.5 Å². The highest BCUT2D eigenvalue weighted by atomic mass is 35.5. The van der Waals surface area contributed by atoms with E-state index in [0.717, 1.165) is 16.7 Å². The number of aromatic nitrogens is 1. The first kappa shape index (κ1) is 25.2. The van der Waals surface area contributed by atoms with Gasteiger partial charge in [0.05, 0.1) is 5.92 Å². The molecular weight excluding hydrogens is 486 g/mol. The summed E-state index contributed by atoms with van der Waals surface area (Å²) in [6, 6.07) is 12.9. The van der Waals surface area contributed by atoms with Crippen molar-refractivity contribution in [3.8, 4) is 0 Å². The van der Waals surface area contributed by atoms with Gasteiger partial charge in [-0.25, -0.2) is 8.42 Å². The highest BCUT2D eigenvalue weighted by Gasteiger charge is 2.37. The molecule has 1 amide bonds. The third-order valence-corrected chi connectivity index (χ3v) is 8.39. The average Bonchev–Trinajstić information content (AvgIpc) is 3.21. The number of sulfonamides is 1. The zero-order valence-electron chi connectivity index (χ0n) is 19.9. The van der Waals surface area contributed by atoms with Gasteiger partial charge >= 0.3 is 0 Å².